The molecule has 0 saturated carbocycles. The van der Waals surface area contributed by atoms with Crippen molar-refractivity contribution < 1.29 is 14.3 Å². The highest BCUT2D eigenvalue weighted by atomic mass is 16.3. The second-order valence-electron chi connectivity index (χ2n) is 5.74. The molecule has 1 aromatic carbocycles. The van der Waals surface area contributed by atoms with Crippen LogP contribution in [0.25, 0.3) is 11.1 Å². The van der Waals surface area contributed by atoms with Gasteiger partial charge in [0.05, 0.1) is 6.20 Å². The molecule has 0 atom stereocenters. The molecular formula is C17H20N4O+2. The van der Waals surface area contributed by atoms with E-state index in [2.05, 4.69) is 27.0 Å². The van der Waals surface area contributed by atoms with Gasteiger partial charge in [0.1, 0.15) is 31.7 Å². The molecule has 1 aliphatic rings. The Morgan fingerprint density at radius 1 is 1.09 bits per heavy atom. The maximum absolute atomic E-state index is 5.83. The highest BCUT2D eigenvalue weighted by molar-refractivity contribution is 5.72. The summed E-state index contributed by atoms with van der Waals surface area (Å²) in [5.74, 6) is 2.04. The molecule has 2 aromatic heterocycles. The molecular weight excluding hydrogens is 276 g/mol. The molecule has 5 nitrogen and oxygen atoms in total. The summed E-state index contributed by atoms with van der Waals surface area (Å²) in [6, 6.07) is 14.2. The summed E-state index contributed by atoms with van der Waals surface area (Å²) in [4.78, 5) is 11.8. The van der Waals surface area contributed by atoms with E-state index in [1.807, 2.05) is 36.5 Å². The van der Waals surface area contributed by atoms with Gasteiger partial charge >= 0.3 is 0 Å². The molecule has 0 unspecified atom stereocenters. The third-order valence-electron chi connectivity index (χ3n) is 4.24. The van der Waals surface area contributed by atoms with E-state index in [1.54, 1.807) is 0 Å². The van der Waals surface area contributed by atoms with Gasteiger partial charge < -0.3 is 9.32 Å². The lowest BCUT2D eigenvalue weighted by Gasteiger charge is -2.27. The highest BCUT2D eigenvalue weighted by Crippen LogP contribution is 2.14. The lowest BCUT2D eigenvalue weighted by atomic mass is 10.3. The molecule has 5 heteroatoms. The minimum Gasteiger partial charge on any atom is -0.435 e. The van der Waals surface area contributed by atoms with Crippen LogP contribution >= 0.6 is 0 Å². The molecule has 3 heterocycles. The number of nitrogens with one attached hydrogen (secondary N) is 2. The first-order valence-electron chi connectivity index (χ1n) is 7.78. The van der Waals surface area contributed by atoms with E-state index in [9.17, 15) is 0 Å². The number of oxazole rings is 1. The molecule has 1 saturated heterocycles. The maximum Gasteiger partial charge on any atom is 0.274 e. The number of anilines is 1. The van der Waals surface area contributed by atoms with Gasteiger partial charge in [-0.25, -0.2) is 9.97 Å². The van der Waals surface area contributed by atoms with Crippen molar-refractivity contribution in [3.05, 3.63) is 54.6 Å². The number of benzene rings is 1. The first-order valence-corrected chi connectivity index (χ1v) is 7.78. The Morgan fingerprint density at radius 3 is 2.68 bits per heavy atom. The topological polar surface area (TPSA) is 47.9 Å². The Labute approximate surface area is 129 Å². The fourth-order valence-corrected chi connectivity index (χ4v) is 3.03. The molecule has 2 N–H and O–H groups in total. The van der Waals surface area contributed by atoms with Gasteiger partial charge in [0, 0.05) is 6.07 Å². The van der Waals surface area contributed by atoms with Crippen molar-refractivity contribution in [2.75, 3.05) is 31.1 Å². The largest absolute Gasteiger partial charge is 0.435 e. The minimum atomic E-state index is 0.843. The number of fused-ring (bicyclic) bond motifs is 1. The normalized spacial score (nSPS) is 16.3. The molecule has 0 aliphatic carbocycles. The highest BCUT2D eigenvalue weighted by Gasteiger charge is 2.26. The van der Waals surface area contributed by atoms with E-state index in [0.29, 0.717) is 0 Å². The van der Waals surface area contributed by atoms with Gasteiger partial charge in [0.25, 0.3) is 11.7 Å². The first-order chi connectivity index (χ1) is 10.9. The number of H-pyrrole nitrogens is 1. The number of aromatic nitrogens is 2. The molecule has 112 valence electrons. The fourth-order valence-electron chi connectivity index (χ4n) is 3.03. The number of aromatic amines is 1. The zero-order valence-corrected chi connectivity index (χ0v) is 12.5. The molecule has 0 bridgehead atoms. The number of pyridine rings is 1. The SMILES string of the molecule is c1ccc(N2CC[NH+](Cc3nc4ccccc4o3)CC2)[nH+]c1. The summed E-state index contributed by atoms with van der Waals surface area (Å²) >= 11 is 0. The number of nitrogens with zero attached hydrogens (tertiary/aromatic N) is 2. The Morgan fingerprint density at radius 2 is 1.91 bits per heavy atom. The summed E-state index contributed by atoms with van der Waals surface area (Å²) in [6.07, 6.45) is 1.98. The van der Waals surface area contributed by atoms with Crippen molar-refractivity contribution in [3.8, 4) is 0 Å². The summed E-state index contributed by atoms with van der Waals surface area (Å²) in [5, 5.41) is 0. The standard InChI is InChI=1S/C17H18N4O/c1-2-6-15-14(5-1)19-17(22-15)13-20-9-11-21(12-10-20)16-7-3-4-8-18-16/h1-8H,9-13H2/p+2. The van der Waals surface area contributed by atoms with Crippen LogP contribution in [0.2, 0.25) is 0 Å². The van der Waals surface area contributed by atoms with Crippen LogP contribution in [0.1, 0.15) is 5.89 Å². The van der Waals surface area contributed by atoms with Crippen molar-refractivity contribution in [1.82, 2.24) is 4.98 Å². The number of para-hydroxylation sites is 2. The number of piperazine rings is 1. The Hall–Kier alpha value is -2.40. The van der Waals surface area contributed by atoms with Gasteiger partial charge in [0.15, 0.2) is 12.1 Å². The monoisotopic (exact) mass is 296 g/mol. The van der Waals surface area contributed by atoms with Crippen LogP contribution in [-0.4, -0.2) is 31.2 Å². The van der Waals surface area contributed by atoms with Crippen molar-refractivity contribution in [3.63, 3.8) is 0 Å². The van der Waals surface area contributed by atoms with Gasteiger partial charge in [-0.05, 0) is 18.2 Å². The zero-order valence-electron chi connectivity index (χ0n) is 12.5. The fraction of sp³-hybridized carbons (Fsp3) is 0.294. The van der Waals surface area contributed by atoms with Gasteiger partial charge in [0.2, 0.25) is 0 Å². The van der Waals surface area contributed by atoms with E-state index in [0.717, 1.165) is 49.7 Å². The molecule has 0 amide bonds. The summed E-state index contributed by atoms with van der Waals surface area (Å²) in [7, 11) is 0. The van der Waals surface area contributed by atoms with E-state index >= 15 is 0 Å². The Bertz CT molecular complexity index is 714. The van der Waals surface area contributed by atoms with Crippen molar-refractivity contribution in [2.24, 2.45) is 0 Å². The third-order valence-corrected chi connectivity index (χ3v) is 4.24. The maximum atomic E-state index is 5.83. The zero-order chi connectivity index (χ0) is 14.8. The minimum absolute atomic E-state index is 0.843. The van der Waals surface area contributed by atoms with E-state index < -0.39 is 0 Å². The van der Waals surface area contributed by atoms with E-state index in [4.69, 9.17) is 4.42 Å². The van der Waals surface area contributed by atoms with E-state index in [1.165, 1.54) is 10.7 Å². The second kappa shape index (κ2) is 5.77. The summed E-state index contributed by atoms with van der Waals surface area (Å²) in [6.45, 7) is 5.16. The molecule has 0 radical (unpaired) electrons. The van der Waals surface area contributed by atoms with Crippen LogP contribution < -0.4 is 14.8 Å². The van der Waals surface area contributed by atoms with Gasteiger partial charge in [-0.1, -0.05) is 18.2 Å². The van der Waals surface area contributed by atoms with Crippen molar-refractivity contribution in [1.29, 1.82) is 0 Å². The van der Waals surface area contributed by atoms with Crippen LogP contribution in [0.15, 0.2) is 53.1 Å². The van der Waals surface area contributed by atoms with E-state index in [-0.39, 0.29) is 0 Å². The second-order valence-corrected chi connectivity index (χ2v) is 5.74. The number of rotatable bonds is 3. The molecule has 0 spiro atoms. The van der Waals surface area contributed by atoms with Gasteiger partial charge in [-0.2, -0.15) is 0 Å². The van der Waals surface area contributed by atoms with Crippen molar-refractivity contribution >= 4 is 16.9 Å². The van der Waals surface area contributed by atoms with Crippen LogP contribution in [0, 0.1) is 0 Å². The number of quaternary nitrogens is 1. The first kappa shape index (κ1) is 13.3. The van der Waals surface area contributed by atoms with Gasteiger partial charge in [-0.3, -0.25) is 4.90 Å². The quantitative estimate of drug-likeness (QED) is 0.768. The molecule has 22 heavy (non-hydrogen) atoms. The molecule has 4 rings (SSSR count). The van der Waals surface area contributed by atoms with Crippen LogP contribution in [0.3, 0.4) is 0 Å². The van der Waals surface area contributed by atoms with Crippen LogP contribution in [-0.2, 0) is 6.54 Å². The predicted octanol–water partition coefficient (Wildman–Crippen LogP) is 0.547. The average Bonchev–Trinajstić information content (AvgIpc) is 2.98. The molecule has 1 aliphatic heterocycles. The third kappa shape index (κ3) is 2.67. The predicted molar refractivity (Wildman–Crippen MR) is 83.6 cm³/mol. The lowest BCUT2D eigenvalue weighted by Crippen LogP contribution is -3.13. The Kier molecular flexibility index (Phi) is 3.48. The number of hydrogen-bond acceptors (Lipinski definition) is 3. The van der Waals surface area contributed by atoms with Crippen molar-refractivity contribution in [2.45, 2.75) is 6.54 Å². The van der Waals surface area contributed by atoms with Crippen LogP contribution in [0.4, 0.5) is 5.82 Å². The molecule has 3 aromatic rings. The molecule has 1 fully saturated rings. The average molecular weight is 296 g/mol. The van der Waals surface area contributed by atoms with Crippen LogP contribution in [0.5, 0.6) is 0 Å². The summed E-state index contributed by atoms with van der Waals surface area (Å²) in [5.41, 5.74) is 1.84. The summed E-state index contributed by atoms with van der Waals surface area (Å²) < 4.78 is 5.83. The van der Waals surface area contributed by atoms with Gasteiger partial charge in [-0.15, -0.1) is 0 Å². The number of hydrogen-bond donors (Lipinski definition) is 1. The smallest absolute Gasteiger partial charge is 0.274 e. The lowest BCUT2D eigenvalue weighted by molar-refractivity contribution is -0.915. The Balaban J connectivity index is 1.39.